The minimum Gasteiger partial charge on any atom is -0.481 e. The summed E-state index contributed by atoms with van der Waals surface area (Å²) >= 11 is 0. The highest BCUT2D eigenvalue weighted by Crippen LogP contribution is 2.22. The Hall–Kier alpha value is -2.50. The van der Waals surface area contributed by atoms with Crippen LogP contribution in [0, 0.1) is 6.92 Å². The van der Waals surface area contributed by atoms with Crippen molar-refractivity contribution >= 4 is 11.7 Å². The van der Waals surface area contributed by atoms with Gasteiger partial charge in [-0.2, -0.15) is 5.10 Å². The number of nitrogens with one attached hydrogen (secondary N) is 1. The van der Waals surface area contributed by atoms with Gasteiger partial charge in [-0.25, -0.2) is 9.48 Å². The van der Waals surface area contributed by atoms with Crippen LogP contribution < -0.4 is 10.1 Å². The minimum absolute atomic E-state index is 0.255. The Morgan fingerprint density at radius 2 is 2.25 bits per heavy atom. The van der Waals surface area contributed by atoms with E-state index in [9.17, 15) is 4.79 Å². The molecule has 1 aromatic heterocycles. The van der Waals surface area contributed by atoms with Crippen molar-refractivity contribution in [2.24, 2.45) is 7.05 Å². The third kappa shape index (κ3) is 2.74. The van der Waals surface area contributed by atoms with Crippen molar-refractivity contribution < 1.29 is 14.6 Å². The van der Waals surface area contributed by atoms with Gasteiger partial charge >= 0.3 is 5.97 Å². The lowest BCUT2D eigenvalue weighted by molar-refractivity contribution is 0.0697. The molecule has 1 aromatic carbocycles. The first kappa shape index (κ1) is 13.9. The topological polar surface area (TPSA) is 76.4 Å². The summed E-state index contributed by atoms with van der Waals surface area (Å²) in [5.74, 6) is -0.242. The molecule has 0 spiro atoms. The van der Waals surface area contributed by atoms with Crippen molar-refractivity contribution in [3.8, 4) is 5.88 Å². The van der Waals surface area contributed by atoms with E-state index in [1.807, 2.05) is 20.0 Å². The third-order valence-corrected chi connectivity index (χ3v) is 3.06. The van der Waals surface area contributed by atoms with Crippen LogP contribution in [0.25, 0.3) is 0 Å². The van der Waals surface area contributed by atoms with Gasteiger partial charge < -0.3 is 15.2 Å². The normalized spacial score (nSPS) is 10.3. The molecule has 20 heavy (non-hydrogen) atoms. The summed E-state index contributed by atoms with van der Waals surface area (Å²) in [7, 11) is 3.42. The van der Waals surface area contributed by atoms with E-state index in [0.29, 0.717) is 12.4 Å². The molecule has 0 aliphatic carbocycles. The minimum atomic E-state index is -0.941. The summed E-state index contributed by atoms with van der Waals surface area (Å²) in [6.45, 7) is 2.43. The molecule has 6 heteroatoms. The zero-order valence-electron chi connectivity index (χ0n) is 11.7. The predicted molar refractivity (Wildman–Crippen MR) is 75.2 cm³/mol. The van der Waals surface area contributed by atoms with Crippen LogP contribution in [-0.4, -0.2) is 28.0 Å². The van der Waals surface area contributed by atoms with E-state index in [1.165, 1.54) is 0 Å². The molecule has 0 aliphatic rings. The molecule has 2 rings (SSSR count). The lowest BCUT2D eigenvalue weighted by Gasteiger charge is -2.08. The fraction of sp³-hybridized carbons (Fsp3) is 0.286. The highest BCUT2D eigenvalue weighted by Gasteiger charge is 2.13. The fourth-order valence-corrected chi connectivity index (χ4v) is 2.09. The zero-order chi connectivity index (χ0) is 14.7. The second-order valence-electron chi connectivity index (χ2n) is 4.44. The molecule has 0 saturated heterocycles. The molecule has 0 radical (unpaired) electrons. The van der Waals surface area contributed by atoms with Gasteiger partial charge in [-0.3, -0.25) is 0 Å². The molecule has 0 atom stereocenters. The number of hydrogen-bond donors (Lipinski definition) is 2. The number of anilines is 1. The maximum absolute atomic E-state index is 10.9. The number of carbonyl (C=O) groups is 1. The van der Waals surface area contributed by atoms with Crippen LogP contribution in [0.3, 0.4) is 0 Å². The van der Waals surface area contributed by atoms with Crippen molar-refractivity contribution in [2.45, 2.75) is 13.5 Å². The molecular weight excluding hydrogens is 258 g/mol. The van der Waals surface area contributed by atoms with Crippen LogP contribution in [0.2, 0.25) is 0 Å². The number of aromatic carboxylic acids is 1. The number of benzene rings is 1. The molecule has 106 valence electrons. The van der Waals surface area contributed by atoms with E-state index in [1.54, 1.807) is 30.0 Å². The van der Waals surface area contributed by atoms with Gasteiger partial charge in [-0.1, -0.05) is 6.07 Å². The van der Waals surface area contributed by atoms with Gasteiger partial charge in [0.05, 0.1) is 23.9 Å². The number of methoxy groups -OCH3 is 1. The first-order valence-electron chi connectivity index (χ1n) is 6.16. The molecule has 0 saturated carbocycles. The fourth-order valence-electron chi connectivity index (χ4n) is 2.09. The van der Waals surface area contributed by atoms with Crippen molar-refractivity contribution in [3.63, 3.8) is 0 Å². The molecule has 0 fully saturated rings. The average Bonchev–Trinajstić information content (AvgIpc) is 2.70. The second kappa shape index (κ2) is 5.64. The number of aromatic nitrogens is 2. The van der Waals surface area contributed by atoms with E-state index in [-0.39, 0.29) is 5.56 Å². The molecule has 1 heterocycles. The zero-order valence-corrected chi connectivity index (χ0v) is 11.7. The smallest absolute Gasteiger partial charge is 0.335 e. The molecular formula is C14H17N3O3. The van der Waals surface area contributed by atoms with Crippen molar-refractivity contribution in [2.75, 3.05) is 12.4 Å². The molecule has 2 aromatic rings. The highest BCUT2D eigenvalue weighted by atomic mass is 16.5. The predicted octanol–water partition coefficient (Wildman–Crippen LogP) is 2.05. The number of aryl methyl sites for hydroxylation is 2. The molecule has 0 aliphatic heterocycles. The lowest BCUT2D eigenvalue weighted by atomic mass is 10.2. The quantitative estimate of drug-likeness (QED) is 0.873. The Balaban J connectivity index is 2.17. The summed E-state index contributed by atoms with van der Waals surface area (Å²) in [6.07, 6.45) is 0. The van der Waals surface area contributed by atoms with E-state index in [4.69, 9.17) is 9.84 Å². The maximum atomic E-state index is 10.9. The van der Waals surface area contributed by atoms with Gasteiger partial charge in [0, 0.05) is 19.3 Å². The van der Waals surface area contributed by atoms with Gasteiger partial charge in [0.2, 0.25) is 5.88 Å². The highest BCUT2D eigenvalue weighted by molar-refractivity contribution is 5.88. The van der Waals surface area contributed by atoms with E-state index < -0.39 is 5.97 Å². The number of hydrogen-bond acceptors (Lipinski definition) is 4. The SMILES string of the molecule is COc1c(CNc2cccc(C(=O)O)c2)c(C)nn1C. The first-order valence-corrected chi connectivity index (χ1v) is 6.16. The number of nitrogens with zero attached hydrogens (tertiary/aromatic N) is 2. The molecule has 0 unspecified atom stereocenters. The van der Waals surface area contributed by atoms with Gasteiger partial charge in [0.1, 0.15) is 0 Å². The number of carboxylic acids is 1. The van der Waals surface area contributed by atoms with Gasteiger partial charge in [-0.05, 0) is 25.1 Å². The summed E-state index contributed by atoms with van der Waals surface area (Å²) in [5, 5.41) is 16.4. The van der Waals surface area contributed by atoms with Crippen LogP contribution in [-0.2, 0) is 13.6 Å². The van der Waals surface area contributed by atoms with Crippen molar-refractivity contribution in [3.05, 3.63) is 41.1 Å². The van der Waals surface area contributed by atoms with Gasteiger partial charge in [0.25, 0.3) is 0 Å². The summed E-state index contributed by atoms with van der Waals surface area (Å²) in [5.41, 5.74) is 2.84. The van der Waals surface area contributed by atoms with Crippen LogP contribution in [0.4, 0.5) is 5.69 Å². The number of carboxylic acid groups (broad SMARTS) is 1. The number of ether oxygens (including phenoxy) is 1. The van der Waals surface area contributed by atoms with E-state index in [2.05, 4.69) is 10.4 Å². The molecule has 0 bridgehead atoms. The Kier molecular flexibility index (Phi) is 3.93. The second-order valence-corrected chi connectivity index (χ2v) is 4.44. The summed E-state index contributed by atoms with van der Waals surface area (Å²) < 4.78 is 6.99. The lowest BCUT2D eigenvalue weighted by Crippen LogP contribution is -2.04. The largest absolute Gasteiger partial charge is 0.481 e. The van der Waals surface area contributed by atoms with Gasteiger partial charge in [-0.15, -0.1) is 0 Å². The van der Waals surface area contributed by atoms with Crippen LogP contribution in [0.1, 0.15) is 21.6 Å². The number of rotatable bonds is 5. The Labute approximate surface area is 117 Å². The first-order chi connectivity index (χ1) is 9.52. The summed E-state index contributed by atoms with van der Waals surface area (Å²) in [4.78, 5) is 10.9. The van der Waals surface area contributed by atoms with Crippen molar-refractivity contribution in [1.29, 1.82) is 0 Å². The van der Waals surface area contributed by atoms with E-state index in [0.717, 1.165) is 16.9 Å². The maximum Gasteiger partial charge on any atom is 0.335 e. The average molecular weight is 275 g/mol. The molecule has 2 N–H and O–H groups in total. The molecule has 0 amide bonds. The van der Waals surface area contributed by atoms with Crippen LogP contribution >= 0.6 is 0 Å². The van der Waals surface area contributed by atoms with Crippen molar-refractivity contribution in [1.82, 2.24) is 9.78 Å². The third-order valence-electron chi connectivity index (χ3n) is 3.06. The monoisotopic (exact) mass is 275 g/mol. The molecule has 6 nitrogen and oxygen atoms in total. The Morgan fingerprint density at radius 3 is 2.90 bits per heavy atom. The van der Waals surface area contributed by atoms with Gasteiger partial charge in [0.15, 0.2) is 0 Å². The van der Waals surface area contributed by atoms with E-state index >= 15 is 0 Å². The standard InChI is InChI=1S/C14H17N3O3/c1-9-12(13(20-3)17(2)16-9)8-15-11-6-4-5-10(7-11)14(18)19/h4-7,15H,8H2,1-3H3,(H,18,19). The Morgan fingerprint density at radius 1 is 1.50 bits per heavy atom. The van der Waals surface area contributed by atoms with Crippen LogP contribution in [0.15, 0.2) is 24.3 Å². The summed E-state index contributed by atoms with van der Waals surface area (Å²) in [6, 6.07) is 6.69. The van der Waals surface area contributed by atoms with Crippen LogP contribution in [0.5, 0.6) is 5.88 Å². The Bertz CT molecular complexity index is 635.